The van der Waals surface area contributed by atoms with Crippen LogP contribution in [0.1, 0.15) is 28.9 Å². The first-order chi connectivity index (χ1) is 9.47. The van der Waals surface area contributed by atoms with Crippen molar-refractivity contribution in [1.29, 1.82) is 0 Å². The fourth-order valence-corrected chi connectivity index (χ4v) is 2.25. The molecule has 1 unspecified atom stereocenters. The van der Waals surface area contributed by atoms with Gasteiger partial charge in [0.05, 0.1) is 11.6 Å². The minimum atomic E-state index is -0.244. The number of anilines is 1. The number of amides is 1. The second-order valence-electron chi connectivity index (χ2n) is 4.48. The van der Waals surface area contributed by atoms with Gasteiger partial charge < -0.3 is 11.1 Å². The van der Waals surface area contributed by atoms with Crippen LogP contribution in [0.2, 0.25) is 10.0 Å². The van der Waals surface area contributed by atoms with Crippen molar-refractivity contribution < 1.29 is 4.79 Å². The first-order valence-corrected chi connectivity index (χ1v) is 6.84. The molecule has 0 heterocycles. The summed E-state index contributed by atoms with van der Waals surface area (Å²) in [5.41, 5.74) is 7.48. The first kappa shape index (κ1) is 14.7. The van der Waals surface area contributed by atoms with Gasteiger partial charge in [-0.05, 0) is 42.8 Å². The van der Waals surface area contributed by atoms with E-state index in [0.717, 1.165) is 5.56 Å². The van der Waals surface area contributed by atoms with Crippen molar-refractivity contribution >= 4 is 34.8 Å². The molecule has 0 aromatic heterocycles. The van der Waals surface area contributed by atoms with E-state index in [1.807, 2.05) is 25.1 Å². The van der Waals surface area contributed by atoms with Crippen molar-refractivity contribution in [3.63, 3.8) is 0 Å². The summed E-state index contributed by atoms with van der Waals surface area (Å²) in [6.07, 6.45) is 0. The molecule has 0 spiro atoms. The average molecular weight is 309 g/mol. The highest BCUT2D eigenvalue weighted by Gasteiger charge is 2.14. The summed E-state index contributed by atoms with van der Waals surface area (Å²) in [4.78, 5) is 12.2. The van der Waals surface area contributed by atoms with E-state index >= 15 is 0 Å². The molecule has 104 valence electrons. The summed E-state index contributed by atoms with van der Waals surface area (Å²) in [7, 11) is 0. The Balaban J connectivity index is 2.15. The summed E-state index contributed by atoms with van der Waals surface area (Å²) in [6.45, 7) is 1.88. The standard InChI is InChI=1S/C15H14Cl2N2O/c1-9(10-3-2-4-11(16)7-10)19-15(20)13-6-5-12(17)8-14(13)18/h2-9H,18H2,1H3,(H,19,20). The molecule has 1 amide bonds. The van der Waals surface area contributed by atoms with Gasteiger partial charge in [-0.3, -0.25) is 4.79 Å². The third-order valence-corrected chi connectivity index (χ3v) is 3.42. The van der Waals surface area contributed by atoms with Gasteiger partial charge in [0, 0.05) is 15.7 Å². The molecule has 3 N–H and O–H groups in total. The van der Waals surface area contributed by atoms with Crippen molar-refractivity contribution in [3.8, 4) is 0 Å². The number of halogens is 2. The summed E-state index contributed by atoms with van der Waals surface area (Å²) < 4.78 is 0. The summed E-state index contributed by atoms with van der Waals surface area (Å²) in [5, 5.41) is 4.02. The predicted molar refractivity (Wildman–Crippen MR) is 83.2 cm³/mol. The molecular weight excluding hydrogens is 295 g/mol. The highest BCUT2D eigenvalue weighted by Crippen LogP contribution is 2.21. The van der Waals surface area contributed by atoms with Gasteiger partial charge in [0.2, 0.25) is 0 Å². The highest BCUT2D eigenvalue weighted by atomic mass is 35.5. The number of nitrogens with one attached hydrogen (secondary N) is 1. The molecule has 20 heavy (non-hydrogen) atoms. The van der Waals surface area contributed by atoms with E-state index in [0.29, 0.717) is 21.3 Å². The number of nitrogens with two attached hydrogens (primary N) is 1. The van der Waals surface area contributed by atoms with Crippen LogP contribution in [0.5, 0.6) is 0 Å². The van der Waals surface area contributed by atoms with Crippen molar-refractivity contribution in [1.82, 2.24) is 5.32 Å². The predicted octanol–water partition coefficient (Wildman–Crippen LogP) is 4.07. The number of hydrogen-bond acceptors (Lipinski definition) is 2. The number of carbonyl (C=O) groups is 1. The number of hydrogen-bond donors (Lipinski definition) is 2. The summed E-state index contributed by atoms with van der Waals surface area (Å²) >= 11 is 11.8. The lowest BCUT2D eigenvalue weighted by Gasteiger charge is -2.15. The molecule has 0 saturated heterocycles. The molecule has 0 aliphatic rings. The van der Waals surface area contributed by atoms with Gasteiger partial charge in [-0.2, -0.15) is 0 Å². The molecule has 0 aliphatic carbocycles. The smallest absolute Gasteiger partial charge is 0.253 e. The van der Waals surface area contributed by atoms with Crippen LogP contribution in [0.15, 0.2) is 42.5 Å². The number of carbonyl (C=O) groups excluding carboxylic acids is 1. The zero-order valence-corrected chi connectivity index (χ0v) is 12.4. The van der Waals surface area contributed by atoms with Crippen LogP contribution in [-0.4, -0.2) is 5.91 Å². The summed E-state index contributed by atoms with van der Waals surface area (Å²) in [6, 6.07) is 12.0. The van der Waals surface area contributed by atoms with Crippen molar-refractivity contribution in [2.24, 2.45) is 0 Å². The van der Waals surface area contributed by atoms with Crippen molar-refractivity contribution in [3.05, 3.63) is 63.6 Å². The number of rotatable bonds is 3. The molecule has 0 aliphatic heterocycles. The lowest BCUT2D eigenvalue weighted by Crippen LogP contribution is -2.27. The SMILES string of the molecule is CC(NC(=O)c1ccc(Cl)cc1N)c1cccc(Cl)c1. The highest BCUT2D eigenvalue weighted by molar-refractivity contribution is 6.31. The molecule has 0 bridgehead atoms. The Kier molecular flexibility index (Phi) is 4.53. The van der Waals surface area contributed by atoms with Crippen LogP contribution in [0.4, 0.5) is 5.69 Å². The third-order valence-electron chi connectivity index (χ3n) is 2.95. The lowest BCUT2D eigenvalue weighted by molar-refractivity contribution is 0.0941. The molecule has 1 atom stereocenters. The van der Waals surface area contributed by atoms with E-state index in [2.05, 4.69) is 5.32 Å². The molecule has 2 aromatic carbocycles. The van der Waals surface area contributed by atoms with E-state index in [-0.39, 0.29) is 11.9 Å². The van der Waals surface area contributed by atoms with E-state index in [1.54, 1.807) is 24.3 Å². The van der Waals surface area contributed by atoms with Gasteiger partial charge in [0.25, 0.3) is 5.91 Å². The Hall–Kier alpha value is -1.71. The quantitative estimate of drug-likeness (QED) is 0.840. The van der Waals surface area contributed by atoms with Crippen molar-refractivity contribution in [2.75, 3.05) is 5.73 Å². The van der Waals surface area contributed by atoms with Gasteiger partial charge >= 0.3 is 0 Å². The molecule has 2 rings (SSSR count). The Morgan fingerprint density at radius 1 is 1.15 bits per heavy atom. The van der Waals surface area contributed by atoms with Crippen molar-refractivity contribution in [2.45, 2.75) is 13.0 Å². The number of nitrogen functional groups attached to an aromatic ring is 1. The Bertz CT molecular complexity index is 644. The van der Waals surface area contributed by atoms with Crippen LogP contribution in [0.25, 0.3) is 0 Å². The Morgan fingerprint density at radius 2 is 1.85 bits per heavy atom. The molecule has 2 aromatic rings. The third kappa shape index (κ3) is 3.44. The molecular formula is C15H14Cl2N2O. The van der Waals surface area contributed by atoms with Gasteiger partial charge in [0.15, 0.2) is 0 Å². The summed E-state index contributed by atoms with van der Waals surface area (Å²) in [5.74, 6) is -0.244. The Labute approximate surface area is 127 Å². The minimum absolute atomic E-state index is 0.170. The first-order valence-electron chi connectivity index (χ1n) is 6.08. The average Bonchev–Trinajstić information content (AvgIpc) is 2.38. The van der Waals surface area contributed by atoms with Gasteiger partial charge in [-0.1, -0.05) is 35.3 Å². The van der Waals surface area contributed by atoms with Crippen LogP contribution >= 0.6 is 23.2 Å². The van der Waals surface area contributed by atoms with Gasteiger partial charge in [-0.25, -0.2) is 0 Å². The number of benzene rings is 2. The maximum absolute atomic E-state index is 12.2. The van der Waals surface area contributed by atoms with Crippen LogP contribution < -0.4 is 11.1 Å². The maximum atomic E-state index is 12.2. The van der Waals surface area contributed by atoms with E-state index in [4.69, 9.17) is 28.9 Å². The molecule has 0 radical (unpaired) electrons. The molecule has 0 saturated carbocycles. The van der Waals surface area contributed by atoms with Crippen LogP contribution in [-0.2, 0) is 0 Å². The van der Waals surface area contributed by atoms with Gasteiger partial charge in [0.1, 0.15) is 0 Å². The maximum Gasteiger partial charge on any atom is 0.253 e. The zero-order valence-electron chi connectivity index (χ0n) is 10.9. The second-order valence-corrected chi connectivity index (χ2v) is 5.35. The monoisotopic (exact) mass is 308 g/mol. The Morgan fingerprint density at radius 3 is 2.50 bits per heavy atom. The van der Waals surface area contributed by atoms with Gasteiger partial charge in [-0.15, -0.1) is 0 Å². The van der Waals surface area contributed by atoms with Crippen LogP contribution in [0, 0.1) is 0 Å². The topological polar surface area (TPSA) is 55.1 Å². The van der Waals surface area contributed by atoms with E-state index in [1.165, 1.54) is 0 Å². The normalized spacial score (nSPS) is 11.9. The molecule has 0 fully saturated rings. The fourth-order valence-electron chi connectivity index (χ4n) is 1.87. The minimum Gasteiger partial charge on any atom is -0.398 e. The fraction of sp³-hybridized carbons (Fsp3) is 0.133. The van der Waals surface area contributed by atoms with Crippen LogP contribution in [0.3, 0.4) is 0 Å². The molecule has 3 nitrogen and oxygen atoms in total. The second kappa shape index (κ2) is 6.16. The zero-order chi connectivity index (χ0) is 14.7. The lowest BCUT2D eigenvalue weighted by atomic mass is 10.1. The molecule has 5 heteroatoms. The van der Waals surface area contributed by atoms with E-state index in [9.17, 15) is 4.79 Å². The largest absolute Gasteiger partial charge is 0.398 e. The van der Waals surface area contributed by atoms with E-state index < -0.39 is 0 Å².